The Labute approximate surface area is 109 Å². The molecule has 1 fully saturated rings. The molecule has 92 valence electrons. The summed E-state index contributed by atoms with van der Waals surface area (Å²) in [5.41, 5.74) is 0.920. The van der Waals surface area contributed by atoms with Crippen molar-refractivity contribution < 1.29 is 14.3 Å². The highest BCUT2D eigenvalue weighted by Gasteiger charge is 2.36. The van der Waals surface area contributed by atoms with Crippen LogP contribution in [-0.4, -0.2) is 32.8 Å². The van der Waals surface area contributed by atoms with E-state index < -0.39 is 0 Å². The van der Waals surface area contributed by atoms with Crippen molar-refractivity contribution in [3.05, 3.63) is 22.7 Å². The molecule has 0 amide bonds. The maximum atomic E-state index is 11.5. The van der Waals surface area contributed by atoms with E-state index in [2.05, 4.69) is 15.9 Å². The minimum absolute atomic E-state index is 0.191. The highest BCUT2D eigenvalue weighted by Crippen LogP contribution is 2.36. The fourth-order valence-corrected chi connectivity index (χ4v) is 2.29. The normalized spacial score (nSPS) is 18.5. The Morgan fingerprint density at radius 2 is 2.24 bits per heavy atom. The quantitative estimate of drug-likeness (QED) is 0.802. The summed E-state index contributed by atoms with van der Waals surface area (Å²) in [5.74, 6) is 0.570. The van der Waals surface area contributed by atoms with Gasteiger partial charge < -0.3 is 14.4 Å². The number of anilines is 1. The first-order chi connectivity index (χ1) is 8.17. The number of carbonyl (C=O) groups excluding carboxylic acids is 1. The molecule has 1 aliphatic rings. The van der Waals surface area contributed by atoms with Crippen LogP contribution >= 0.6 is 15.9 Å². The lowest BCUT2D eigenvalue weighted by molar-refractivity contribution is -0.143. The van der Waals surface area contributed by atoms with Gasteiger partial charge in [-0.2, -0.15) is 0 Å². The van der Waals surface area contributed by atoms with Gasteiger partial charge in [0.05, 0.1) is 19.9 Å². The van der Waals surface area contributed by atoms with Gasteiger partial charge in [-0.1, -0.05) is 15.9 Å². The van der Waals surface area contributed by atoms with Crippen molar-refractivity contribution in [2.45, 2.75) is 12.5 Å². The van der Waals surface area contributed by atoms with Crippen LogP contribution in [0.25, 0.3) is 0 Å². The summed E-state index contributed by atoms with van der Waals surface area (Å²) in [6.45, 7) is 0.840. The molecule has 5 heteroatoms. The molecular weight excluding hydrogens is 286 g/mol. The van der Waals surface area contributed by atoms with Crippen LogP contribution < -0.4 is 9.64 Å². The molecule has 17 heavy (non-hydrogen) atoms. The lowest BCUT2D eigenvalue weighted by Crippen LogP contribution is -2.53. The van der Waals surface area contributed by atoms with Crippen LogP contribution in [-0.2, 0) is 9.53 Å². The number of esters is 1. The third-order valence-electron chi connectivity index (χ3n) is 2.94. The van der Waals surface area contributed by atoms with Gasteiger partial charge in [0.15, 0.2) is 0 Å². The van der Waals surface area contributed by atoms with Crippen LogP contribution in [0.1, 0.15) is 6.42 Å². The topological polar surface area (TPSA) is 38.8 Å². The molecule has 1 aromatic carbocycles. The predicted octanol–water partition coefficient (Wildman–Crippen LogP) is 2.21. The van der Waals surface area contributed by atoms with Gasteiger partial charge in [0, 0.05) is 11.0 Å². The van der Waals surface area contributed by atoms with Crippen molar-refractivity contribution in [1.82, 2.24) is 0 Å². The van der Waals surface area contributed by atoms with E-state index in [0.29, 0.717) is 0 Å². The summed E-state index contributed by atoms with van der Waals surface area (Å²) in [4.78, 5) is 13.5. The molecule has 0 saturated carbocycles. The molecule has 2 rings (SSSR count). The second kappa shape index (κ2) is 4.96. The number of hydrogen-bond acceptors (Lipinski definition) is 4. The Bertz CT molecular complexity index is 436. The summed E-state index contributed by atoms with van der Waals surface area (Å²) in [6.07, 6.45) is 0.822. The maximum absolute atomic E-state index is 11.5. The van der Waals surface area contributed by atoms with E-state index in [1.807, 2.05) is 23.1 Å². The zero-order valence-corrected chi connectivity index (χ0v) is 11.4. The zero-order chi connectivity index (χ0) is 12.4. The lowest BCUT2D eigenvalue weighted by Gasteiger charge is -2.41. The molecule has 0 aliphatic carbocycles. The van der Waals surface area contributed by atoms with Gasteiger partial charge in [0.1, 0.15) is 11.8 Å². The first kappa shape index (κ1) is 12.2. The summed E-state index contributed by atoms with van der Waals surface area (Å²) >= 11 is 3.42. The first-order valence-electron chi connectivity index (χ1n) is 5.35. The molecule has 1 saturated heterocycles. The number of ether oxygens (including phenoxy) is 2. The average Bonchev–Trinajstić information content (AvgIpc) is 2.28. The fourth-order valence-electron chi connectivity index (χ4n) is 1.94. The Balaban J connectivity index is 2.28. The molecule has 0 bridgehead atoms. The molecule has 1 unspecified atom stereocenters. The van der Waals surface area contributed by atoms with E-state index >= 15 is 0 Å². The highest BCUT2D eigenvalue weighted by molar-refractivity contribution is 9.10. The van der Waals surface area contributed by atoms with Gasteiger partial charge in [-0.25, -0.2) is 4.79 Å². The van der Waals surface area contributed by atoms with Crippen LogP contribution in [0.3, 0.4) is 0 Å². The van der Waals surface area contributed by atoms with Crippen molar-refractivity contribution in [2.24, 2.45) is 0 Å². The van der Waals surface area contributed by atoms with E-state index in [-0.39, 0.29) is 12.0 Å². The number of halogens is 1. The number of methoxy groups -OCH3 is 2. The summed E-state index contributed by atoms with van der Waals surface area (Å²) in [7, 11) is 3.04. The SMILES string of the molecule is COC(=O)C1CCN1c1cc(Br)ccc1OC. The molecule has 0 N–H and O–H groups in total. The van der Waals surface area contributed by atoms with Gasteiger partial charge in [-0.15, -0.1) is 0 Å². The molecule has 1 aliphatic heterocycles. The Kier molecular flexibility index (Phi) is 3.57. The number of benzene rings is 1. The van der Waals surface area contributed by atoms with Crippen molar-refractivity contribution >= 4 is 27.6 Å². The van der Waals surface area contributed by atoms with Crippen LogP contribution in [0.2, 0.25) is 0 Å². The number of nitrogens with zero attached hydrogens (tertiary/aromatic N) is 1. The minimum Gasteiger partial charge on any atom is -0.495 e. The number of rotatable bonds is 3. The monoisotopic (exact) mass is 299 g/mol. The smallest absolute Gasteiger partial charge is 0.328 e. The van der Waals surface area contributed by atoms with Crippen LogP contribution in [0.5, 0.6) is 5.75 Å². The van der Waals surface area contributed by atoms with Crippen molar-refractivity contribution in [3.63, 3.8) is 0 Å². The van der Waals surface area contributed by atoms with E-state index in [4.69, 9.17) is 9.47 Å². The molecule has 1 aromatic rings. The summed E-state index contributed by atoms with van der Waals surface area (Å²) in [6, 6.07) is 5.55. The molecular formula is C12H14BrNO3. The standard InChI is InChI=1S/C12H14BrNO3/c1-16-11-4-3-8(13)7-10(11)14-6-5-9(14)12(15)17-2/h3-4,7,9H,5-6H2,1-2H3. The van der Waals surface area contributed by atoms with Gasteiger partial charge in [-0.3, -0.25) is 0 Å². The third-order valence-corrected chi connectivity index (χ3v) is 3.44. The summed E-state index contributed by atoms with van der Waals surface area (Å²) in [5, 5.41) is 0. The van der Waals surface area contributed by atoms with Gasteiger partial charge in [0.25, 0.3) is 0 Å². The fraction of sp³-hybridized carbons (Fsp3) is 0.417. The lowest BCUT2D eigenvalue weighted by atomic mass is 10.0. The largest absolute Gasteiger partial charge is 0.495 e. The van der Waals surface area contributed by atoms with Crippen molar-refractivity contribution in [2.75, 3.05) is 25.7 Å². The van der Waals surface area contributed by atoms with Gasteiger partial charge in [0.2, 0.25) is 0 Å². The zero-order valence-electron chi connectivity index (χ0n) is 9.77. The average molecular weight is 300 g/mol. The Morgan fingerprint density at radius 3 is 2.76 bits per heavy atom. The Morgan fingerprint density at radius 1 is 1.47 bits per heavy atom. The molecule has 0 spiro atoms. The molecule has 0 aromatic heterocycles. The summed E-state index contributed by atoms with van der Waals surface area (Å²) < 4.78 is 11.0. The van der Waals surface area contributed by atoms with Crippen LogP contribution in [0.15, 0.2) is 22.7 Å². The highest BCUT2D eigenvalue weighted by atomic mass is 79.9. The number of carbonyl (C=O) groups is 1. The van der Waals surface area contributed by atoms with Crippen LogP contribution in [0.4, 0.5) is 5.69 Å². The Hall–Kier alpha value is -1.23. The second-order valence-electron chi connectivity index (χ2n) is 3.84. The predicted molar refractivity (Wildman–Crippen MR) is 68.5 cm³/mol. The van der Waals surface area contributed by atoms with Crippen molar-refractivity contribution in [3.8, 4) is 5.75 Å². The van der Waals surface area contributed by atoms with E-state index in [0.717, 1.165) is 28.9 Å². The molecule has 1 heterocycles. The molecule has 4 nitrogen and oxygen atoms in total. The second-order valence-corrected chi connectivity index (χ2v) is 4.75. The number of hydrogen-bond donors (Lipinski definition) is 0. The van der Waals surface area contributed by atoms with E-state index in [1.54, 1.807) is 7.11 Å². The minimum atomic E-state index is -0.196. The van der Waals surface area contributed by atoms with Crippen molar-refractivity contribution in [1.29, 1.82) is 0 Å². The molecule has 0 radical (unpaired) electrons. The molecule has 1 atom stereocenters. The van der Waals surface area contributed by atoms with E-state index in [9.17, 15) is 4.79 Å². The maximum Gasteiger partial charge on any atom is 0.328 e. The van der Waals surface area contributed by atoms with Gasteiger partial charge >= 0.3 is 5.97 Å². The van der Waals surface area contributed by atoms with Gasteiger partial charge in [-0.05, 0) is 24.6 Å². The van der Waals surface area contributed by atoms with Crippen LogP contribution in [0, 0.1) is 0 Å². The first-order valence-corrected chi connectivity index (χ1v) is 6.14. The van der Waals surface area contributed by atoms with E-state index in [1.165, 1.54) is 7.11 Å². The third kappa shape index (κ3) is 2.24.